The first kappa shape index (κ1) is 18.4. The van der Waals surface area contributed by atoms with Crippen LogP contribution in [0.15, 0.2) is 48.5 Å². The first-order valence-corrected chi connectivity index (χ1v) is 8.57. The number of nitrogens with one attached hydrogen (secondary N) is 1. The van der Waals surface area contributed by atoms with Gasteiger partial charge >= 0.3 is 5.97 Å². The molecular weight excluding hydrogens is 350 g/mol. The van der Waals surface area contributed by atoms with E-state index in [1.165, 1.54) is 23.1 Å². The molecule has 1 aliphatic rings. The van der Waals surface area contributed by atoms with E-state index in [2.05, 4.69) is 5.32 Å². The third-order valence-corrected chi connectivity index (χ3v) is 4.57. The second-order valence-electron chi connectivity index (χ2n) is 6.32. The maximum absolute atomic E-state index is 12.6. The Hall–Kier alpha value is -3.42. The zero-order valence-electron chi connectivity index (χ0n) is 14.5. The Morgan fingerprint density at radius 3 is 2.63 bits per heavy atom. The van der Waals surface area contributed by atoms with Crippen LogP contribution in [0.5, 0.6) is 0 Å². The Bertz CT molecular complexity index is 869. The monoisotopic (exact) mass is 369 g/mol. The van der Waals surface area contributed by atoms with Gasteiger partial charge in [0.05, 0.1) is 4.92 Å². The minimum Gasteiger partial charge on any atom is -0.480 e. The number of rotatable bonds is 6. The van der Waals surface area contributed by atoms with Gasteiger partial charge in [-0.25, -0.2) is 4.79 Å². The average Bonchev–Trinajstić information content (AvgIpc) is 3.16. The summed E-state index contributed by atoms with van der Waals surface area (Å²) in [5.41, 5.74) is 1.16. The molecule has 0 aliphatic carbocycles. The predicted octanol–water partition coefficient (Wildman–Crippen LogP) is 2.90. The molecule has 0 bridgehead atoms. The highest BCUT2D eigenvalue weighted by Crippen LogP contribution is 2.28. The van der Waals surface area contributed by atoms with Crippen LogP contribution in [-0.2, 0) is 11.3 Å². The van der Waals surface area contributed by atoms with Gasteiger partial charge in [-0.15, -0.1) is 0 Å². The quantitative estimate of drug-likeness (QED) is 0.598. The second kappa shape index (κ2) is 7.86. The van der Waals surface area contributed by atoms with Crippen molar-refractivity contribution in [2.24, 2.45) is 0 Å². The van der Waals surface area contributed by atoms with Crippen LogP contribution >= 0.6 is 0 Å². The molecule has 0 radical (unpaired) electrons. The van der Waals surface area contributed by atoms with E-state index in [4.69, 9.17) is 0 Å². The Kier molecular flexibility index (Phi) is 5.35. The highest BCUT2D eigenvalue weighted by Gasteiger charge is 2.35. The Labute approximate surface area is 155 Å². The van der Waals surface area contributed by atoms with Crippen LogP contribution in [0.4, 0.5) is 11.4 Å². The number of anilines is 1. The molecule has 1 heterocycles. The fourth-order valence-electron chi connectivity index (χ4n) is 3.19. The Morgan fingerprint density at radius 1 is 1.22 bits per heavy atom. The lowest BCUT2D eigenvalue weighted by molar-refractivity contribution is -0.384. The van der Waals surface area contributed by atoms with Crippen LogP contribution in [0.3, 0.4) is 0 Å². The minimum absolute atomic E-state index is 0.111. The molecule has 1 saturated heterocycles. The van der Waals surface area contributed by atoms with Crippen LogP contribution in [0.2, 0.25) is 0 Å². The highest BCUT2D eigenvalue weighted by molar-refractivity contribution is 5.98. The van der Waals surface area contributed by atoms with Crippen molar-refractivity contribution in [3.05, 3.63) is 69.8 Å². The number of hydrogen-bond acceptors (Lipinski definition) is 5. The number of carbonyl (C=O) groups excluding carboxylic acids is 1. The molecule has 2 aromatic carbocycles. The van der Waals surface area contributed by atoms with Gasteiger partial charge in [0.2, 0.25) is 0 Å². The van der Waals surface area contributed by atoms with Crippen LogP contribution in [-0.4, -0.2) is 39.4 Å². The van der Waals surface area contributed by atoms with Crippen LogP contribution in [0.1, 0.15) is 28.8 Å². The van der Waals surface area contributed by atoms with Crippen molar-refractivity contribution in [2.45, 2.75) is 25.4 Å². The first-order valence-electron chi connectivity index (χ1n) is 8.57. The average molecular weight is 369 g/mol. The van der Waals surface area contributed by atoms with E-state index in [9.17, 15) is 24.8 Å². The van der Waals surface area contributed by atoms with Crippen molar-refractivity contribution in [1.29, 1.82) is 0 Å². The summed E-state index contributed by atoms with van der Waals surface area (Å²) in [4.78, 5) is 36.1. The van der Waals surface area contributed by atoms with Crippen molar-refractivity contribution in [1.82, 2.24) is 4.90 Å². The van der Waals surface area contributed by atoms with Gasteiger partial charge in [0.1, 0.15) is 11.7 Å². The molecule has 1 amide bonds. The molecule has 0 saturated carbocycles. The summed E-state index contributed by atoms with van der Waals surface area (Å²) >= 11 is 0. The maximum Gasteiger partial charge on any atom is 0.326 e. The molecule has 1 unspecified atom stereocenters. The molecule has 8 nitrogen and oxygen atoms in total. The summed E-state index contributed by atoms with van der Waals surface area (Å²) in [7, 11) is 0. The molecule has 2 aromatic rings. The number of nitrogens with zero attached hydrogens (tertiary/aromatic N) is 2. The predicted molar refractivity (Wildman–Crippen MR) is 98.6 cm³/mol. The van der Waals surface area contributed by atoms with Gasteiger partial charge < -0.3 is 15.3 Å². The van der Waals surface area contributed by atoms with Crippen LogP contribution in [0, 0.1) is 10.1 Å². The molecule has 1 aliphatic heterocycles. The first-order chi connectivity index (χ1) is 13.0. The van der Waals surface area contributed by atoms with Gasteiger partial charge in [0.15, 0.2) is 0 Å². The molecule has 27 heavy (non-hydrogen) atoms. The molecule has 0 spiro atoms. The standard InChI is InChI=1S/C19H19N3O5/c23-18(21-10-4-7-16(21)19(24)25)14-8-9-15(17(11-14)22(26)27)20-12-13-5-2-1-3-6-13/h1-3,5-6,8-9,11,16,20H,4,7,10,12H2,(H,24,25). The van der Waals surface area contributed by atoms with E-state index in [1.807, 2.05) is 30.3 Å². The fourth-order valence-corrected chi connectivity index (χ4v) is 3.19. The normalized spacial score (nSPS) is 16.1. The van der Waals surface area contributed by atoms with Crippen LogP contribution < -0.4 is 5.32 Å². The lowest BCUT2D eigenvalue weighted by atomic mass is 10.1. The molecule has 8 heteroatoms. The molecule has 140 valence electrons. The van der Waals surface area contributed by atoms with E-state index >= 15 is 0 Å². The topological polar surface area (TPSA) is 113 Å². The van der Waals surface area contributed by atoms with Crippen LogP contribution in [0.25, 0.3) is 0 Å². The van der Waals surface area contributed by atoms with E-state index in [0.717, 1.165) is 5.56 Å². The summed E-state index contributed by atoms with van der Waals surface area (Å²) in [5.74, 6) is -1.56. The smallest absolute Gasteiger partial charge is 0.326 e. The van der Waals surface area contributed by atoms with Gasteiger partial charge in [0, 0.05) is 24.7 Å². The number of carboxylic acid groups (broad SMARTS) is 1. The lowest BCUT2D eigenvalue weighted by Crippen LogP contribution is -2.40. The number of hydrogen-bond donors (Lipinski definition) is 2. The maximum atomic E-state index is 12.6. The number of carboxylic acids is 1. The molecule has 2 N–H and O–H groups in total. The Balaban J connectivity index is 1.82. The van der Waals surface area contributed by atoms with Crippen molar-refractivity contribution < 1.29 is 19.6 Å². The third-order valence-electron chi connectivity index (χ3n) is 4.57. The van der Waals surface area contributed by atoms with E-state index in [0.29, 0.717) is 31.6 Å². The fraction of sp³-hybridized carbons (Fsp3) is 0.263. The number of benzene rings is 2. The second-order valence-corrected chi connectivity index (χ2v) is 6.32. The largest absolute Gasteiger partial charge is 0.480 e. The van der Waals surface area contributed by atoms with E-state index < -0.39 is 22.8 Å². The lowest BCUT2D eigenvalue weighted by Gasteiger charge is -2.21. The number of aliphatic carboxylic acids is 1. The van der Waals surface area contributed by atoms with E-state index in [1.54, 1.807) is 0 Å². The highest BCUT2D eigenvalue weighted by atomic mass is 16.6. The van der Waals surface area contributed by atoms with Gasteiger partial charge in [0.25, 0.3) is 11.6 Å². The summed E-state index contributed by atoms with van der Waals surface area (Å²) < 4.78 is 0. The number of likely N-dealkylation sites (tertiary alicyclic amines) is 1. The Morgan fingerprint density at radius 2 is 1.96 bits per heavy atom. The molecular formula is C19H19N3O5. The molecule has 3 rings (SSSR count). The molecule has 1 fully saturated rings. The van der Waals surface area contributed by atoms with Gasteiger partial charge in [-0.1, -0.05) is 30.3 Å². The summed E-state index contributed by atoms with van der Waals surface area (Å²) in [6, 6.07) is 12.7. The summed E-state index contributed by atoms with van der Waals surface area (Å²) in [6.45, 7) is 0.736. The van der Waals surface area contributed by atoms with E-state index in [-0.39, 0.29) is 11.3 Å². The number of amides is 1. The van der Waals surface area contributed by atoms with Crippen molar-refractivity contribution in [2.75, 3.05) is 11.9 Å². The molecule has 1 atom stereocenters. The summed E-state index contributed by atoms with van der Waals surface area (Å²) in [5, 5.41) is 23.7. The van der Waals surface area contributed by atoms with Gasteiger partial charge in [-0.3, -0.25) is 14.9 Å². The third kappa shape index (κ3) is 4.05. The van der Waals surface area contributed by atoms with Gasteiger partial charge in [-0.2, -0.15) is 0 Å². The number of nitro groups is 1. The van der Waals surface area contributed by atoms with Gasteiger partial charge in [-0.05, 0) is 30.5 Å². The zero-order chi connectivity index (χ0) is 19.4. The summed E-state index contributed by atoms with van der Waals surface area (Å²) in [6.07, 6.45) is 0.987. The SMILES string of the molecule is O=C(O)C1CCCN1C(=O)c1ccc(NCc2ccccc2)c([N+](=O)[O-])c1. The van der Waals surface area contributed by atoms with Crippen molar-refractivity contribution >= 4 is 23.3 Å². The number of carbonyl (C=O) groups is 2. The molecule has 0 aromatic heterocycles. The van der Waals surface area contributed by atoms with Crippen molar-refractivity contribution in [3.63, 3.8) is 0 Å². The number of nitro benzene ring substituents is 1. The zero-order valence-corrected chi connectivity index (χ0v) is 14.5. The minimum atomic E-state index is -1.06. The van der Waals surface area contributed by atoms with Crippen molar-refractivity contribution in [3.8, 4) is 0 Å².